The summed E-state index contributed by atoms with van der Waals surface area (Å²) in [5, 5.41) is 0. The molecule has 0 aliphatic carbocycles. The lowest BCUT2D eigenvalue weighted by molar-refractivity contribution is 0.537. The number of aryl methyl sites for hydroxylation is 1. The third kappa shape index (κ3) is 2.10. The summed E-state index contributed by atoms with van der Waals surface area (Å²) in [4.78, 5) is 8.86. The van der Waals surface area contributed by atoms with Gasteiger partial charge in [0.15, 0.2) is 5.65 Å². The third-order valence-electron chi connectivity index (χ3n) is 2.68. The minimum absolute atomic E-state index is 0.154. The Labute approximate surface area is 103 Å². The fraction of sp³-hybridized carbons (Fsp3) is 0.455. The molecule has 0 spiro atoms. The van der Waals surface area contributed by atoms with Gasteiger partial charge < -0.3 is 10.3 Å². The topological polar surface area (TPSA) is 56.7 Å². The molecule has 0 aliphatic heterocycles. The molecule has 2 aromatic rings. The SMILES string of the molecule is CCC(N)Cn1c(C)nc2cc(Br)cnc21. The normalized spacial score (nSPS) is 13.2. The Morgan fingerprint density at radius 2 is 2.31 bits per heavy atom. The summed E-state index contributed by atoms with van der Waals surface area (Å²) >= 11 is 3.39. The van der Waals surface area contributed by atoms with Gasteiger partial charge in [-0.1, -0.05) is 6.92 Å². The fourth-order valence-corrected chi connectivity index (χ4v) is 2.00. The van der Waals surface area contributed by atoms with Gasteiger partial charge in [0.25, 0.3) is 0 Å². The maximum Gasteiger partial charge on any atom is 0.160 e. The highest BCUT2D eigenvalue weighted by Crippen LogP contribution is 2.18. The summed E-state index contributed by atoms with van der Waals surface area (Å²) in [6.45, 7) is 4.84. The number of pyridine rings is 1. The molecule has 5 heteroatoms. The van der Waals surface area contributed by atoms with Crippen molar-refractivity contribution < 1.29 is 0 Å². The second-order valence-corrected chi connectivity index (χ2v) is 4.85. The van der Waals surface area contributed by atoms with Crippen molar-refractivity contribution in [3.63, 3.8) is 0 Å². The van der Waals surface area contributed by atoms with Crippen molar-refractivity contribution in [1.82, 2.24) is 14.5 Å². The van der Waals surface area contributed by atoms with E-state index in [2.05, 4.69) is 37.4 Å². The predicted molar refractivity (Wildman–Crippen MR) is 68.2 cm³/mol. The molecule has 2 N–H and O–H groups in total. The van der Waals surface area contributed by atoms with Crippen molar-refractivity contribution >= 4 is 27.1 Å². The van der Waals surface area contributed by atoms with E-state index in [9.17, 15) is 0 Å². The Kier molecular flexibility index (Phi) is 3.25. The molecule has 0 saturated heterocycles. The van der Waals surface area contributed by atoms with Gasteiger partial charge in [-0.3, -0.25) is 0 Å². The highest BCUT2D eigenvalue weighted by atomic mass is 79.9. The van der Waals surface area contributed by atoms with E-state index in [1.54, 1.807) is 6.20 Å². The lowest BCUT2D eigenvalue weighted by Gasteiger charge is -2.11. The van der Waals surface area contributed by atoms with Gasteiger partial charge in [-0.15, -0.1) is 0 Å². The number of halogens is 1. The molecule has 0 aromatic carbocycles. The van der Waals surface area contributed by atoms with E-state index >= 15 is 0 Å². The zero-order valence-corrected chi connectivity index (χ0v) is 11.0. The number of nitrogens with two attached hydrogens (primary N) is 1. The molecule has 4 nitrogen and oxygen atoms in total. The quantitative estimate of drug-likeness (QED) is 0.939. The molecule has 0 radical (unpaired) electrons. The summed E-state index contributed by atoms with van der Waals surface area (Å²) in [6, 6.07) is 2.13. The number of hydrogen-bond acceptors (Lipinski definition) is 3. The summed E-state index contributed by atoms with van der Waals surface area (Å²) < 4.78 is 3.03. The van der Waals surface area contributed by atoms with Crippen LogP contribution >= 0.6 is 15.9 Å². The smallest absolute Gasteiger partial charge is 0.160 e. The Balaban J connectivity index is 2.47. The molecule has 2 heterocycles. The van der Waals surface area contributed by atoms with E-state index in [1.807, 2.05) is 13.0 Å². The Morgan fingerprint density at radius 1 is 1.56 bits per heavy atom. The van der Waals surface area contributed by atoms with Crippen LogP contribution < -0.4 is 5.73 Å². The summed E-state index contributed by atoms with van der Waals surface area (Å²) in [5.41, 5.74) is 7.79. The van der Waals surface area contributed by atoms with Crippen LogP contribution in [0.5, 0.6) is 0 Å². The molecule has 16 heavy (non-hydrogen) atoms. The minimum atomic E-state index is 0.154. The van der Waals surface area contributed by atoms with Crippen molar-refractivity contribution in [2.45, 2.75) is 32.9 Å². The van der Waals surface area contributed by atoms with Crippen molar-refractivity contribution in [1.29, 1.82) is 0 Å². The molecule has 2 rings (SSSR count). The molecular formula is C11H15BrN4. The number of rotatable bonds is 3. The molecule has 0 amide bonds. The first-order chi connectivity index (χ1) is 7.61. The number of hydrogen-bond donors (Lipinski definition) is 1. The van der Waals surface area contributed by atoms with E-state index in [0.717, 1.165) is 34.4 Å². The molecular weight excluding hydrogens is 268 g/mol. The largest absolute Gasteiger partial charge is 0.326 e. The van der Waals surface area contributed by atoms with E-state index in [0.29, 0.717) is 0 Å². The fourth-order valence-electron chi connectivity index (χ4n) is 1.68. The highest BCUT2D eigenvalue weighted by molar-refractivity contribution is 9.10. The minimum Gasteiger partial charge on any atom is -0.326 e. The van der Waals surface area contributed by atoms with Crippen LogP contribution in [0.1, 0.15) is 19.2 Å². The third-order valence-corrected chi connectivity index (χ3v) is 3.12. The van der Waals surface area contributed by atoms with Gasteiger partial charge in [0.2, 0.25) is 0 Å². The first-order valence-corrected chi connectivity index (χ1v) is 6.15. The van der Waals surface area contributed by atoms with E-state index in [4.69, 9.17) is 5.73 Å². The van der Waals surface area contributed by atoms with E-state index < -0.39 is 0 Å². The first kappa shape index (κ1) is 11.5. The molecule has 86 valence electrons. The van der Waals surface area contributed by atoms with Crippen molar-refractivity contribution in [3.05, 3.63) is 22.6 Å². The number of imidazole rings is 1. The first-order valence-electron chi connectivity index (χ1n) is 5.35. The molecule has 0 saturated carbocycles. The second-order valence-electron chi connectivity index (χ2n) is 3.93. The molecule has 1 atom stereocenters. The highest BCUT2D eigenvalue weighted by Gasteiger charge is 2.11. The number of aromatic nitrogens is 3. The zero-order chi connectivity index (χ0) is 11.7. The van der Waals surface area contributed by atoms with Crippen LogP contribution in [0.15, 0.2) is 16.7 Å². The summed E-state index contributed by atoms with van der Waals surface area (Å²) in [6.07, 6.45) is 2.74. The van der Waals surface area contributed by atoms with E-state index in [-0.39, 0.29) is 6.04 Å². The maximum absolute atomic E-state index is 5.97. The zero-order valence-electron chi connectivity index (χ0n) is 9.44. The van der Waals surface area contributed by atoms with Crippen molar-refractivity contribution in [2.75, 3.05) is 0 Å². The van der Waals surface area contributed by atoms with Gasteiger partial charge in [-0.25, -0.2) is 9.97 Å². The van der Waals surface area contributed by atoms with Gasteiger partial charge in [0, 0.05) is 23.3 Å². The summed E-state index contributed by atoms with van der Waals surface area (Å²) in [5.74, 6) is 0.963. The van der Waals surface area contributed by atoms with Crippen LogP contribution in [0.25, 0.3) is 11.2 Å². The van der Waals surface area contributed by atoms with Gasteiger partial charge in [0.05, 0.1) is 0 Å². The molecule has 0 fully saturated rings. The van der Waals surface area contributed by atoms with Gasteiger partial charge >= 0.3 is 0 Å². The predicted octanol–water partition coefficient (Wildman–Crippen LogP) is 2.24. The van der Waals surface area contributed by atoms with Crippen molar-refractivity contribution in [3.8, 4) is 0 Å². The summed E-state index contributed by atoms with van der Waals surface area (Å²) in [7, 11) is 0. The van der Waals surface area contributed by atoms with Crippen LogP contribution in [0.4, 0.5) is 0 Å². The van der Waals surface area contributed by atoms with Crippen LogP contribution in [-0.2, 0) is 6.54 Å². The Morgan fingerprint density at radius 3 is 3.00 bits per heavy atom. The Bertz CT molecular complexity index is 506. The molecule has 1 unspecified atom stereocenters. The standard InChI is InChI=1S/C11H15BrN4/c1-3-9(13)6-16-7(2)15-10-4-8(12)5-14-11(10)16/h4-5,9H,3,6,13H2,1-2H3. The van der Waals surface area contributed by atoms with Crippen LogP contribution in [0.3, 0.4) is 0 Å². The monoisotopic (exact) mass is 282 g/mol. The molecule has 2 aromatic heterocycles. The number of nitrogens with zero attached hydrogens (tertiary/aromatic N) is 3. The Hall–Kier alpha value is -0.940. The van der Waals surface area contributed by atoms with Gasteiger partial charge in [0.1, 0.15) is 11.3 Å². The molecule has 0 aliphatic rings. The van der Waals surface area contributed by atoms with E-state index in [1.165, 1.54) is 0 Å². The lowest BCUT2D eigenvalue weighted by Crippen LogP contribution is -2.25. The number of fused-ring (bicyclic) bond motifs is 1. The second kappa shape index (κ2) is 4.51. The molecule has 0 bridgehead atoms. The average Bonchev–Trinajstić information content (AvgIpc) is 2.54. The maximum atomic E-state index is 5.97. The lowest BCUT2D eigenvalue weighted by atomic mass is 10.2. The van der Waals surface area contributed by atoms with Gasteiger partial charge in [-0.2, -0.15) is 0 Å². The van der Waals surface area contributed by atoms with Crippen LogP contribution in [0.2, 0.25) is 0 Å². The van der Waals surface area contributed by atoms with Crippen LogP contribution in [0, 0.1) is 6.92 Å². The van der Waals surface area contributed by atoms with Gasteiger partial charge in [-0.05, 0) is 35.3 Å². The average molecular weight is 283 g/mol. The van der Waals surface area contributed by atoms with Crippen LogP contribution in [-0.4, -0.2) is 20.6 Å². The van der Waals surface area contributed by atoms with Crippen molar-refractivity contribution in [2.24, 2.45) is 5.73 Å².